The Balaban J connectivity index is 2.01. The van der Waals surface area contributed by atoms with Gasteiger partial charge in [0.05, 0.1) is 0 Å². The van der Waals surface area contributed by atoms with Crippen LogP contribution in [0.25, 0.3) is 0 Å². The highest BCUT2D eigenvalue weighted by atomic mass is 16.2. The Kier molecular flexibility index (Phi) is 5.72. The summed E-state index contributed by atoms with van der Waals surface area (Å²) in [5.74, 6) is 0.994. The van der Waals surface area contributed by atoms with E-state index < -0.39 is 11.8 Å². The molecule has 2 N–H and O–H groups in total. The molecule has 5 heteroatoms. The first-order valence-electron chi connectivity index (χ1n) is 7.40. The molecule has 0 fully saturated rings. The first-order chi connectivity index (χ1) is 11.5. The van der Waals surface area contributed by atoms with Crippen molar-refractivity contribution in [2.75, 3.05) is 24.7 Å². The van der Waals surface area contributed by atoms with Gasteiger partial charge in [0.25, 0.3) is 0 Å². The van der Waals surface area contributed by atoms with E-state index in [0.29, 0.717) is 16.9 Å². The van der Waals surface area contributed by atoms with Crippen LogP contribution in [-0.4, -0.2) is 30.8 Å². The molecule has 2 aromatic rings. The minimum Gasteiger partial charge on any atom is -0.318 e. The minimum absolute atomic E-state index is 0.479. The number of benzene rings is 2. The van der Waals surface area contributed by atoms with Gasteiger partial charge in [0.1, 0.15) is 0 Å². The molecule has 0 bridgehead atoms. The predicted molar refractivity (Wildman–Crippen MR) is 95.5 cm³/mol. The lowest BCUT2D eigenvalue weighted by atomic mass is 10.2. The quantitative estimate of drug-likeness (QED) is 0.671. The van der Waals surface area contributed by atoms with Crippen LogP contribution >= 0.6 is 0 Å². The summed E-state index contributed by atoms with van der Waals surface area (Å²) in [5, 5.41) is 5.12. The summed E-state index contributed by atoms with van der Waals surface area (Å²) in [7, 11) is 3.92. The van der Waals surface area contributed by atoms with Gasteiger partial charge >= 0.3 is 11.8 Å². The number of hydrogen-bond acceptors (Lipinski definition) is 3. The fourth-order valence-electron chi connectivity index (χ4n) is 2.18. The fourth-order valence-corrected chi connectivity index (χ4v) is 2.18. The Morgan fingerprint density at radius 1 is 1.00 bits per heavy atom. The van der Waals surface area contributed by atoms with Gasteiger partial charge in [0, 0.05) is 23.5 Å². The third kappa shape index (κ3) is 4.97. The summed E-state index contributed by atoms with van der Waals surface area (Å²) < 4.78 is 0. The normalized spacial score (nSPS) is 10.1. The standard InChI is InChI=1S/C19H19N3O2/c1-4-14-7-5-9-16(11-14)20-18(23)19(24)21-17-10-6-8-15(12-17)13-22(2)3/h1,5-12H,13H2,2-3H3,(H,20,23)(H,21,24). The predicted octanol–water partition coefficient (Wildman–Crippen LogP) is 2.31. The minimum atomic E-state index is -0.748. The van der Waals surface area contributed by atoms with Gasteiger partial charge in [-0.2, -0.15) is 0 Å². The Bertz CT molecular complexity index is 791. The van der Waals surface area contributed by atoms with Gasteiger partial charge in [0.15, 0.2) is 0 Å². The number of amides is 2. The SMILES string of the molecule is C#Cc1cccc(NC(=O)C(=O)Nc2cccc(CN(C)C)c2)c1. The van der Waals surface area contributed by atoms with E-state index in [1.54, 1.807) is 30.3 Å². The van der Waals surface area contributed by atoms with Gasteiger partial charge in [-0.15, -0.1) is 6.42 Å². The summed E-state index contributed by atoms with van der Waals surface area (Å²) >= 11 is 0. The Hall–Kier alpha value is -3.10. The fraction of sp³-hybridized carbons (Fsp3) is 0.158. The summed E-state index contributed by atoms with van der Waals surface area (Å²) in [6.45, 7) is 0.745. The molecule has 2 amide bonds. The van der Waals surface area contributed by atoms with E-state index >= 15 is 0 Å². The molecule has 5 nitrogen and oxygen atoms in total. The number of anilines is 2. The molecule has 2 rings (SSSR count). The molecule has 2 aromatic carbocycles. The molecule has 122 valence electrons. The molecule has 0 spiro atoms. The van der Waals surface area contributed by atoms with Crippen molar-refractivity contribution >= 4 is 23.2 Å². The largest absolute Gasteiger partial charge is 0.318 e. The first-order valence-corrected chi connectivity index (χ1v) is 7.40. The van der Waals surface area contributed by atoms with Crippen molar-refractivity contribution in [2.24, 2.45) is 0 Å². The van der Waals surface area contributed by atoms with E-state index in [0.717, 1.165) is 12.1 Å². The van der Waals surface area contributed by atoms with Crippen molar-refractivity contribution in [3.63, 3.8) is 0 Å². The second-order valence-electron chi connectivity index (χ2n) is 5.57. The molecule has 0 atom stereocenters. The number of nitrogens with one attached hydrogen (secondary N) is 2. The monoisotopic (exact) mass is 321 g/mol. The summed E-state index contributed by atoms with van der Waals surface area (Å²) in [6.07, 6.45) is 5.31. The Morgan fingerprint density at radius 2 is 1.58 bits per heavy atom. The maximum absolute atomic E-state index is 12.0. The average Bonchev–Trinajstić information content (AvgIpc) is 2.54. The van der Waals surface area contributed by atoms with Crippen molar-refractivity contribution < 1.29 is 9.59 Å². The summed E-state index contributed by atoms with van der Waals surface area (Å²) in [5.41, 5.74) is 2.73. The lowest BCUT2D eigenvalue weighted by Gasteiger charge is -2.11. The molecule has 0 aliphatic heterocycles. The number of terminal acetylenes is 1. The topological polar surface area (TPSA) is 61.4 Å². The second-order valence-corrected chi connectivity index (χ2v) is 5.57. The van der Waals surface area contributed by atoms with Gasteiger partial charge in [-0.25, -0.2) is 0 Å². The van der Waals surface area contributed by atoms with Crippen LogP contribution in [0.15, 0.2) is 48.5 Å². The zero-order chi connectivity index (χ0) is 17.5. The molecule has 0 saturated heterocycles. The van der Waals surface area contributed by atoms with Gasteiger partial charge in [-0.05, 0) is 50.0 Å². The second kappa shape index (κ2) is 7.95. The van der Waals surface area contributed by atoms with Gasteiger partial charge in [-0.3, -0.25) is 9.59 Å². The maximum atomic E-state index is 12.0. The number of carbonyl (C=O) groups excluding carboxylic acids is 2. The van der Waals surface area contributed by atoms with Gasteiger partial charge < -0.3 is 15.5 Å². The molecular formula is C19H19N3O2. The maximum Gasteiger partial charge on any atom is 0.314 e. The molecule has 0 aromatic heterocycles. The van der Waals surface area contributed by atoms with E-state index in [2.05, 4.69) is 16.6 Å². The van der Waals surface area contributed by atoms with E-state index in [4.69, 9.17) is 6.42 Å². The third-order valence-corrected chi connectivity index (χ3v) is 3.18. The molecule has 0 heterocycles. The van der Waals surface area contributed by atoms with Crippen LogP contribution in [0.1, 0.15) is 11.1 Å². The van der Waals surface area contributed by atoms with E-state index in [1.165, 1.54) is 0 Å². The average molecular weight is 321 g/mol. The first kappa shape index (κ1) is 17.3. The van der Waals surface area contributed by atoms with E-state index in [9.17, 15) is 9.59 Å². The highest BCUT2D eigenvalue weighted by molar-refractivity contribution is 6.43. The zero-order valence-electron chi connectivity index (χ0n) is 13.7. The van der Waals surface area contributed by atoms with Crippen molar-refractivity contribution in [1.29, 1.82) is 0 Å². The van der Waals surface area contributed by atoms with Crippen molar-refractivity contribution in [3.05, 3.63) is 59.7 Å². The smallest absolute Gasteiger partial charge is 0.314 e. The van der Waals surface area contributed by atoms with Crippen LogP contribution in [0, 0.1) is 12.3 Å². The Morgan fingerprint density at radius 3 is 2.17 bits per heavy atom. The van der Waals surface area contributed by atoms with Gasteiger partial charge in [-0.1, -0.05) is 24.1 Å². The number of rotatable bonds is 4. The Labute approximate surface area is 141 Å². The summed E-state index contributed by atoms with van der Waals surface area (Å²) in [6, 6.07) is 14.1. The highest BCUT2D eigenvalue weighted by Gasteiger charge is 2.14. The number of nitrogens with zero attached hydrogens (tertiary/aromatic N) is 1. The van der Waals surface area contributed by atoms with Crippen LogP contribution in [0.5, 0.6) is 0 Å². The zero-order valence-corrected chi connectivity index (χ0v) is 13.7. The molecular weight excluding hydrogens is 302 g/mol. The number of hydrogen-bond donors (Lipinski definition) is 2. The van der Waals surface area contributed by atoms with E-state index in [1.807, 2.05) is 37.2 Å². The van der Waals surface area contributed by atoms with Crippen LogP contribution in [0.4, 0.5) is 11.4 Å². The molecule has 0 aliphatic rings. The van der Waals surface area contributed by atoms with Crippen LogP contribution < -0.4 is 10.6 Å². The molecule has 24 heavy (non-hydrogen) atoms. The van der Waals surface area contributed by atoms with E-state index in [-0.39, 0.29) is 0 Å². The lowest BCUT2D eigenvalue weighted by molar-refractivity contribution is -0.132. The molecule has 0 saturated carbocycles. The third-order valence-electron chi connectivity index (χ3n) is 3.18. The van der Waals surface area contributed by atoms with Crippen molar-refractivity contribution in [2.45, 2.75) is 6.54 Å². The van der Waals surface area contributed by atoms with Crippen molar-refractivity contribution in [1.82, 2.24) is 4.90 Å². The number of carbonyl (C=O) groups is 2. The molecule has 0 unspecified atom stereocenters. The molecule has 0 radical (unpaired) electrons. The van der Waals surface area contributed by atoms with Gasteiger partial charge in [0.2, 0.25) is 0 Å². The van der Waals surface area contributed by atoms with Crippen LogP contribution in [0.3, 0.4) is 0 Å². The highest BCUT2D eigenvalue weighted by Crippen LogP contribution is 2.13. The molecule has 0 aliphatic carbocycles. The lowest BCUT2D eigenvalue weighted by Crippen LogP contribution is -2.29. The summed E-state index contributed by atoms with van der Waals surface area (Å²) in [4.78, 5) is 26.0. The van der Waals surface area contributed by atoms with Crippen LogP contribution in [0.2, 0.25) is 0 Å². The van der Waals surface area contributed by atoms with Crippen LogP contribution in [-0.2, 0) is 16.1 Å². The van der Waals surface area contributed by atoms with Crippen molar-refractivity contribution in [3.8, 4) is 12.3 Å².